The van der Waals surface area contributed by atoms with E-state index in [0.717, 1.165) is 13.6 Å². The summed E-state index contributed by atoms with van der Waals surface area (Å²) in [5, 5.41) is 17.3. The Kier molecular flexibility index (Phi) is 6.66. The van der Waals surface area contributed by atoms with Crippen molar-refractivity contribution >= 4 is 45.1 Å². The summed E-state index contributed by atoms with van der Waals surface area (Å²) in [6.07, 6.45) is 1.40. The minimum atomic E-state index is -1.22. The zero-order valence-corrected chi connectivity index (χ0v) is 12.9. The molecule has 0 aliphatic rings. The van der Waals surface area contributed by atoms with Crippen molar-refractivity contribution in [3.8, 4) is 0 Å². The maximum absolute atomic E-state index is 11.8. The Morgan fingerprint density at radius 2 is 1.75 bits per heavy atom. The van der Waals surface area contributed by atoms with E-state index in [-0.39, 0.29) is 6.42 Å². The number of nitrogens with zero attached hydrogens (tertiary/aromatic N) is 1. The van der Waals surface area contributed by atoms with Gasteiger partial charge in [-0.1, -0.05) is 0 Å². The molecular weight excluding hydrogens is 350 g/mol. The van der Waals surface area contributed by atoms with E-state index < -0.39 is 30.9 Å². The molecule has 2 N–H and O–H groups in total. The van der Waals surface area contributed by atoms with Crippen LogP contribution in [0, 0.1) is 0 Å². The predicted octanol–water partition coefficient (Wildman–Crippen LogP) is 1.83. The summed E-state index contributed by atoms with van der Waals surface area (Å²) in [5.74, 6) is -2.89. The van der Waals surface area contributed by atoms with Crippen LogP contribution in [0.25, 0.3) is 0 Å². The number of carbonyl (C=O) groups excluding carboxylic acids is 1. The second-order valence-electron chi connectivity index (χ2n) is 4.10. The first kappa shape index (κ1) is 16.6. The first-order valence-electron chi connectivity index (χ1n) is 5.84. The van der Waals surface area contributed by atoms with Gasteiger partial charge in [0.15, 0.2) is 0 Å². The van der Waals surface area contributed by atoms with Gasteiger partial charge >= 0.3 is 11.9 Å². The SMILES string of the molecule is O=C(O)CN(CC(=O)O)C(=O)CCCc1ccc(Br)s1. The van der Waals surface area contributed by atoms with Gasteiger partial charge in [0.05, 0.1) is 3.79 Å². The van der Waals surface area contributed by atoms with E-state index in [0.29, 0.717) is 12.8 Å². The fourth-order valence-electron chi connectivity index (χ4n) is 1.62. The van der Waals surface area contributed by atoms with Gasteiger partial charge < -0.3 is 15.1 Å². The predicted molar refractivity (Wildman–Crippen MR) is 76.8 cm³/mol. The molecule has 0 saturated heterocycles. The highest BCUT2D eigenvalue weighted by molar-refractivity contribution is 9.11. The zero-order valence-electron chi connectivity index (χ0n) is 10.5. The van der Waals surface area contributed by atoms with E-state index in [1.165, 1.54) is 0 Å². The molecule has 0 bridgehead atoms. The molecule has 0 fully saturated rings. The Labute approximate surface area is 128 Å². The molecule has 8 heteroatoms. The van der Waals surface area contributed by atoms with Crippen LogP contribution in [-0.2, 0) is 20.8 Å². The van der Waals surface area contributed by atoms with Crippen molar-refractivity contribution in [2.75, 3.05) is 13.1 Å². The third kappa shape index (κ3) is 6.16. The molecule has 6 nitrogen and oxygen atoms in total. The largest absolute Gasteiger partial charge is 0.480 e. The number of aliphatic carboxylic acids is 2. The molecule has 20 heavy (non-hydrogen) atoms. The lowest BCUT2D eigenvalue weighted by Gasteiger charge is -2.18. The third-order valence-corrected chi connectivity index (χ3v) is 4.13. The monoisotopic (exact) mass is 363 g/mol. The van der Waals surface area contributed by atoms with Crippen molar-refractivity contribution in [3.05, 3.63) is 20.8 Å². The number of carboxylic acids is 2. The van der Waals surface area contributed by atoms with E-state index in [4.69, 9.17) is 10.2 Å². The molecule has 1 aromatic rings. The van der Waals surface area contributed by atoms with Crippen LogP contribution in [0.2, 0.25) is 0 Å². The molecule has 0 saturated carbocycles. The minimum absolute atomic E-state index is 0.135. The van der Waals surface area contributed by atoms with Gasteiger partial charge in [0.25, 0.3) is 0 Å². The van der Waals surface area contributed by atoms with Gasteiger partial charge in [0.1, 0.15) is 13.1 Å². The van der Waals surface area contributed by atoms with Crippen LogP contribution in [0.4, 0.5) is 0 Å². The summed E-state index contributed by atoms with van der Waals surface area (Å²) in [5.41, 5.74) is 0. The summed E-state index contributed by atoms with van der Waals surface area (Å²) in [6.45, 7) is -1.18. The topological polar surface area (TPSA) is 94.9 Å². The van der Waals surface area contributed by atoms with E-state index in [1.807, 2.05) is 12.1 Å². The fourth-order valence-corrected chi connectivity index (χ4v) is 3.14. The first-order valence-corrected chi connectivity index (χ1v) is 7.45. The van der Waals surface area contributed by atoms with Crippen molar-refractivity contribution in [2.24, 2.45) is 0 Å². The first-order chi connectivity index (χ1) is 9.38. The Balaban J connectivity index is 2.44. The van der Waals surface area contributed by atoms with Gasteiger partial charge in [0, 0.05) is 11.3 Å². The van der Waals surface area contributed by atoms with E-state index >= 15 is 0 Å². The van der Waals surface area contributed by atoms with E-state index in [1.54, 1.807) is 11.3 Å². The standard InChI is InChI=1S/C12H14BrNO5S/c13-9-5-4-8(20-9)2-1-3-10(15)14(6-11(16)17)7-12(18)19/h4-5H,1-3,6-7H2,(H,16,17)(H,18,19). The van der Waals surface area contributed by atoms with Crippen LogP contribution in [0.5, 0.6) is 0 Å². The molecule has 1 rings (SSSR count). The Morgan fingerprint density at radius 1 is 1.15 bits per heavy atom. The molecule has 110 valence electrons. The van der Waals surface area contributed by atoms with Gasteiger partial charge in [-0.3, -0.25) is 14.4 Å². The molecule has 0 atom stereocenters. The number of aryl methyl sites for hydroxylation is 1. The van der Waals surface area contributed by atoms with E-state index in [2.05, 4.69) is 15.9 Å². The van der Waals surface area contributed by atoms with Crippen molar-refractivity contribution in [2.45, 2.75) is 19.3 Å². The fraction of sp³-hybridized carbons (Fsp3) is 0.417. The van der Waals surface area contributed by atoms with Gasteiger partial charge in [-0.05, 0) is 40.9 Å². The number of carboxylic acid groups (broad SMARTS) is 2. The number of halogens is 1. The lowest BCUT2D eigenvalue weighted by atomic mass is 10.2. The summed E-state index contributed by atoms with van der Waals surface area (Å²) < 4.78 is 1.01. The average molecular weight is 364 g/mol. The molecule has 1 amide bonds. The highest BCUT2D eigenvalue weighted by Crippen LogP contribution is 2.23. The van der Waals surface area contributed by atoms with Crippen LogP contribution < -0.4 is 0 Å². The highest BCUT2D eigenvalue weighted by Gasteiger charge is 2.19. The smallest absolute Gasteiger partial charge is 0.323 e. The molecule has 0 aromatic carbocycles. The molecule has 0 radical (unpaired) electrons. The van der Waals surface area contributed by atoms with Crippen molar-refractivity contribution in [1.82, 2.24) is 4.90 Å². The van der Waals surface area contributed by atoms with Crippen LogP contribution in [0.3, 0.4) is 0 Å². The van der Waals surface area contributed by atoms with Gasteiger partial charge in [-0.25, -0.2) is 0 Å². The van der Waals surface area contributed by atoms with Gasteiger partial charge in [0.2, 0.25) is 5.91 Å². The molecular formula is C12H14BrNO5S. The molecule has 0 aliphatic heterocycles. The highest BCUT2D eigenvalue weighted by atomic mass is 79.9. The Bertz CT molecular complexity index is 486. The number of rotatable bonds is 8. The second kappa shape index (κ2) is 8.01. The zero-order chi connectivity index (χ0) is 15.1. The molecule has 1 heterocycles. The Morgan fingerprint density at radius 3 is 2.20 bits per heavy atom. The number of hydrogen-bond donors (Lipinski definition) is 2. The van der Waals surface area contributed by atoms with Crippen LogP contribution in [0.15, 0.2) is 15.9 Å². The third-order valence-electron chi connectivity index (χ3n) is 2.45. The molecule has 0 unspecified atom stereocenters. The average Bonchev–Trinajstić information content (AvgIpc) is 2.73. The normalized spacial score (nSPS) is 10.2. The number of amides is 1. The number of hydrogen-bond acceptors (Lipinski definition) is 4. The molecule has 1 aromatic heterocycles. The van der Waals surface area contributed by atoms with Gasteiger partial charge in [-0.2, -0.15) is 0 Å². The van der Waals surface area contributed by atoms with Crippen molar-refractivity contribution in [1.29, 1.82) is 0 Å². The van der Waals surface area contributed by atoms with Crippen molar-refractivity contribution < 1.29 is 24.6 Å². The van der Waals surface area contributed by atoms with Crippen LogP contribution in [0.1, 0.15) is 17.7 Å². The summed E-state index contributed by atoms with van der Waals surface area (Å²) in [4.78, 5) is 35.0. The second-order valence-corrected chi connectivity index (χ2v) is 6.64. The molecule has 0 spiro atoms. The quantitative estimate of drug-likeness (QED) is 0.734. The Hall–Kier alpha value is -1.41. The summed E-state index contributed by atoms with van der Waals surface area (Å²) >= 11 is 4.92. The minimum Gasteiger partial charge on any atom is -0.480 e. The summed E-state index contributed by atoms with van der Waals surface area (Å²) in [7, 11) is 0. The lowest BCUT2D eigenvalue weighted by Crippen LogP contribution is -2.39. The van der Waals surface area contributed by atoms with Gasteiger partial charge in [-0.15, -0.1) is 11.3 Å². The summed E-state index contributed by atoms with van der Waals surface area (Å²) in [6, 6.07) is 3.87. The molecule has 0 aliphatic carbocycles. The maximum atomic E-state index is 11.8. The number of thiophene rings is 1. The van der Waals surface area contributed by atoms with Crippen molar-refractivity contribution in [3.63, 3.8) is 0 Å². The van der Waals surface area contributed by atoms with Crippen LogP contribution in [-0.4, -0.2) is 46.0 Å². The van der Waals surface area contributed by atoms with E-state index in [9.17, 15) is 14.4 Å². The lowest BCUT2D eigenvalue weighted by molar-refractivity contribution is -0.149. The van der Waals surface area contributed by atoms with Crippen LogP contribution >= 0.6 is 27.3 Å². The maximum Gasteiger partial charge on any atom is 0.323 e. The number of carbonyl (C=O) groups is 3.